The summed E-state index contributed by atoms with van der Waals surface area (Å²) in [5.74, 6) is 0.881. The lowest BCUT2D eigenvalue weighted by Crippen LogP contribution is -2.22. The SMILES string of the molecule is CNC(Cn1cncn1)c1ccccc1OC. The van der Waals surface area contributed by atoms with Gasteiger partial charge in [0.2, 0.25) is 0 Å². The highest BCUT2D eigenvalue weighted by molar-refractivity contribution is 5.35. The van der Waals surface area contributed by atoms with Crippen LogP contribution in [0.2, 0.25) is 0 Å². The molecule has 0 aliphatic carbocycles. The lowest BCUT2D eigenvalue weighted by atomic mass is 10.1. The Morgan fingerprint density at radius 3 is 2.88 bits per heavy atom. The summed E-state index contributed by atoms with van der Waals surface area (Å²) >= 11 is 0. The summed E-state index contributed by atoms with van der Waals surface area (Å²) in [5.41, 5.74) is 1.12. The molecule has 0 saturated carbocycles. The highest BCUT2D eigenvalue weighted by atomic mass is 16.5. The van der Waals surface area contributed by atoms with E-state index in [4.69, 9.17) is 4.74 Å². The van der Waals surface area contributed by atoms with Crippen LogP contribution in [0.1, 0.15) is 11.6 Å². The number of rotatable bonds is 5. The first-order chi connectivity index (χ1) is 8.35. The van der Waals surface area contributed by atoms with E-state index < -0.39 is 0 Å². The van der Waals surface area contributed by atoms with Crippen LogP contribution in [0.5, 0.6) is 5.75 Å². The van der Waals surface area contributed by atoms with Crippen LogP contribution in [0.4, 0.5) is 0 Å². The molecule has 0 saturated heterocycles. The molecule has 1 heterocycles. The number of hydrogen-bond acceptors (Lipinski definition) is 4. The molecule has 0 aliphatic rings. The molecule has 2 aromatic rings. The minimum Gasteiger partial charge on any atom is -0.496 e. The van der Waals surface area contributed by atoms with Crippen LogP contribution < -0.4 is 10.1 Å². The average molecular weight is 232 g/mol. The average Bonchev–Trinajstić information content (AvgIpc) is 2.89. The van der Waals surface area contributed by atoms with E-state index in [0.717, 1.165) is 17.9 Å². The first-order valence-electron chi connectivity index (χ1n) is 5.47. The smallest absolute Gasteiger partial charge is 0.137 e. The molecule has 1 aromatic heterocycles. The van der Waals surface area contributed by atoms with Crippen LogP contribution in [-0.2, 0) is 6.54 Å². The number of ether oxygens (including phenoxy) is 1. The van der Waals surface area contributed by atoms with Gasteiger partial charge in [0.15, 0.2) is 0 Å². The van der Waals surface area contributed by atoms with E-state index in [1.165, 1.54) is 6.33 Å². The van der Waals surface area contributed by atoms with Gasteiger partial charge in [0.05, 0.1) is 19.7 Å². The molecule has 0 radical (unpaired) electrons. The Labute approximate surface area is 100 Å². The molecular weight excluding hydrogens is 216 g/mol. The maximum absolute atomic E-state index is 5.36. The van der Waals surface area contributed by atoms with E-state index in [0.29, 0.717) is 0 Å². The zero-order valence-corrected chi connectivity index (χ0v) is 10.00. The topological polar surface area (TPSA) is 52.0 Å². The molecule has 0 fully saturated rings. The summed E-state index contributed by atoms with van der Waals surface area (Å²) in [7, 11) is 3.61. The van der Waals surface area contributed by atoms with E-state index >= 15 is 0 Å². The predicted molar refractivity (Wildman–Crippen MR) is 64.8 cm³/mol. The second-order valence-corrected chi connectivity index (χ2v) is 3.70. The summed E-state index contributed by atoms with van der Waals surface area (Å²) in [6.07, 6.45) is 3.24. The van der Waals surface area contributed by atoms with Gasteiger partial charge in [-0.3, -0.25) is 4.68 Å². The Balaban J connectivity index is 2.22. The number of methoxy groups -OCH3 is 1. The zero-order chi connectivity index (χ0) is 12.1. The van der Waals surface area contributed by atoms with Gasteiger partial charge in [-0.2, -0.15) is 5.10 Å². The maximum atomic E-state index is 5.36. The standard InChI is InChI=1S/C12H16N4O/c1-13-11(7-16-9-14-8-15-16)10-5-3-4-6-12(10)17-2/h3-6,8-9,11,13H,7H2,1-2H3. The molecule has 5 nitrogen and oxygen atoms in total. The van der Waals surface area contributed by atoms with Crippen molar-refractivity contribution >= 4 is 0 Å². The van der Waals surface area contributed by atoms with Crippen molar-refractivity contribution in [2.24, 2.45) is 0 Å². The van der Waals surface area contributed by atoms with Gasteiger partial charge in [-0.15, -0.1) is 0 Å². The number of likely N-dealkylation sites (N-methyl/N-ethyl adjacent to an activating group) is 1. The van der Waals surface area contributed by atoms with Crippen LogP contribution in [0.15, 0.2) is 36.9 Å². The molecule has 1 N–H and O–H groups in total. The van der Waals surface area contributed by atoms with Crippen LogP contribution in [0.3, 0.4) is 0 Å². The Kier molecular flexibility index (Phi) is 3.72. The normalized spacial score (nSPS) is 12.4. The molecule has 0 aliphatic heterocycles. The summed E-state index contributed by atoms with van der Waals surface area (Å²) < 4.78 is 7.16. The molecule has 1 unspecified atom stereocenters. The minimum atomic E-state index is 0.146. The number of hydrogen-bond donors (Lipinski definition) is 1. The Morgan fingerprint density at radius 2 is 2.24 bits per heavy atom. The lowest BCUT2D eigenvalue weighted by molar-refractivity contribution is 0.390. The molecule has 17 heavy (non-hydrogen) atoms. The number of nitrogens with zero attached hydrogens (tertiary/aromatic N) is 3. The fourth-order valence-corrected chi connectivity index (χ4v) is 1.81. The molecule has 2 rings (SSSR count). The molecule has 90 valence electrons. The van der Waals surface area contributed by atoms with Gasteiger partial charge in [-0.1, -0.05) is 18.2 Å². The van der Waals surface area contributed by atoms with Crippen molar-refractivity contribution in [3.8, 4) is 5.75 Å². The van der Waals surface area contributed by atoms with Crippen molar-refractivity contribution in [3.05, 3.63) is 42.5 Å². The van der Waals surface area contributed by atoms with Crippen LogP contribution in [0.25, 0.3) is 0 Å². The Morgan fingerprint density at radius 1 is 1.41 bits per heavy atom. The van der Waals surface area contributed by atoms with Crippen LogP contribution in [0, 0.1) is 0 Å². The lowest BCUT2D eigenvalue weighted by Gasteiger charge is -2.18. The van der Waals surface area contributed by atoms with Gasteiger partial charge in [-0.05, 0) is 13.1 Å². The molecule has 0 amide bonds. The fourth-order valence-electron chi connectivity index (χ4n) is 1.81. The van der Waals surface area contributed by atoms with Crippen molar-refractivity contribution < 1.29 is 4.74 Å². The van der Waals surface area contributed by atoms with E-state index in [1.54, 1.807) is 18.1 Å². The molecule has 0 spiro atoms. The summed E-state index contributed by atoms with van der Waals surface area (Å²) in [6, 6.07) is 8.12. The van der Waals surface area contributed by atoms with Gasteiger partial charge < -0.3 is 10.1 Å². The first kappa shape index (κ1) is 11.6. The molecule has 0 bridgehead atoms. The van der Waals surface area contributed by atoms with Crippen molar-refractivity contribution in [3.63, 3.8) is 0 Å². The van der Waals surface area contributed by atoms with Gasteiger partial charge in [0.25, 0.3) is 0 Å². The second kappa shape index (κ2) is 5.45. The second-order valence-electron chi connectivity index (χ2n) is 3.70. The minimum absolute atomic E-state index is 0.146. The third-order valence-electron chi connectivity index (χ3n) is 2.70. The highest BCUT2D eigenvalue weighted by Gasteiger charge is 2.14. The van der Waals surface area contributed by atoms with Crippen molar-refractivity contribution in [2.75, 3.05) is 14.2 Å². The van der Waals surface area contributed by atoms with Gasteiger partial charge in [-0.25, -0.2) is 4.98 Å². The fraction of sp³-hybridized carbons (Fsp3) is 0.333. The quantitative estimate of drug-likeness (QED) is 0.843. The predicted octanol–water partition coefficient (Wildman–Crippen LogP) is 1.25. The molecular formula is C12H16N4O. The van der Waals surface area contributed by atoms with Crippen LogP contribution >= 0.6 is 0 Å². The van der Waals surface area contributed by atoms with Gasteiger partial charge >= 0.3 is 0 Å². The van der Waals surface area contributed by atoms with Crippen molar-refractivity contribution in [2.45, 2.75) is 12.6 Å². The van der Waals surface area contributed by atoms with E-state index in [-0.39, 0.29) is 6.04 Å². The summed E-state index contributed by atoms with van der Waals surface area (Å²) in [5, 5.41) is 7.37. The van der Waals surface area contributed by atoms with E-state index in [9.17, 15) is 0 Å². The van der Waals surface area contributed by atoms with Gasteiger partial charge in [0.1, 0.15) is 18.4 Å². The molecule has 1 atom stereocenters. The first-order valence-corrected chi connectivity index (χ1v) is 5.47. The zero-order valence-electron chi connectivity index (χ0n) is 10.00. The van der Waals surface area contributed by atoms with E-state index in [1.807, 2.05) is 25.2 Å². The summed E-state index contributed by atoms with van der Waals surface area (Å²) in [6.45, 7) is 0.719. The monoisotopic (exact) mass is 232 g/mol. The number of para-hydroxylation sites is 1. The third kappa shape index (κ3) is 2.62. The van der Waals surface area contributed by atoms with Crippen LogP contribution in [-0.4, -0.2) is 28.9 Å². The number of benzene rings is 1. The Hall–Kier alpha value is -1.88. The van der Waals surface area contributed by atoms with E-state index in [2.05, 4.69) is 21.5 Å². The van der Waals surface area contributed by atoms with Gasteiger partial charge in [0, 0.05) is 5.56 Å². The highest BCUT2D eigenvalue weighted by Crippen LogP contribution is 2.25. The summed E-state index contributed by atoms with van der Waals surface area (Å²) in [4.78, 5) is 3.94. The third-order valence-corrected chi connectivity index (χ3v) is 2.70. The number of nitrogens with one attached hydrogen (secondary N) is 1. The van der Waals surface area contributed by atoms with Crippen molar-refractivity contribution in [1.82, 2.24) is 20.1 Å². The molecule has 5 heteroatoms. The van der Waals surface area contributed by atoms with Crippen molar-refractivity contribution in [1.29, 1.82) is 0 Å². The maximum Gasteiger partial charge on any atom is 0.137 e. The number of aromatic nitrogens is 3. The Bertz CT molecular complexity index is 455. The molecule has 1 aromatic carbocycles. The largest absolute Gasteiger partial charge is 0.496 e.